The Kier molecular flexibility index (Phi) is 5.64. The Morgan fingerprint density at radius 2 is 1.24 bits per heavy atom. The van der Waals surface area contributed by atoms with Crippen molar-refractivity contribution in [2.75, 3.05) is 0 Å². The Hall–Kier alpha value is -2.86. The third-order valence-electron chi connectivity index (χ3n) is 4.46. The van der Waals surface area contributed by atoms with E-state index < -0.39 is 0 Å². The maximum absolute atomic E-state index is 3.83. The van der Waals surface area contributed by atoms with E-state index in [2.05, 4.69) is 98.4 Å². The Bertz CT molecular complexity index is 838. The van der Waals surface area contributed by atoms with Crippen molar-refractivity contribution in [3.05, 3.63) is 120 Å². The predicted molar refractivity (Wildman–Crippen MR) is 109 cm³/mol. The first-order valence-corrected chi connectivity index (χ1v) is 8.87. The molecule has 0 fully saturated rings. The maximum Gasteiger partial charge on any atom is -0.00735 e. The summed E-state index contributed by atoms with van der Waals surface area (Å²) in [5.74, 6) is 0. The predicted octanol–water partition coefficient (Wildman–Crippen LogP) is 6.78. The smallest absolute Gasteiger partial charge is 0.00735 e. The van der Waals surface area contributed by atoms with Crippen LogP contribution in [0.1, 0.15) is 35.6 Å². The lowest BCUT2D eigenvalue weighted by Crippen LogP contribution is -1.95. The molecule has 3 aromatic carbocycles. The van der Waals surface area contributed by atoms with Gasteiger partial charge in [0, 0.05) is 0 Å². The van der Waals surface area contributed by atoms with Crippen molar-refractivity contribution < 1.29 is 0 Å². The quantitative estimate of drug-likeness (QED) is 0.346. The molecule has 0 N–H and O–H groups in total. The van der Waals surface area contributed by atoms with E-state index in [1.54, 1.807) is 0 Å². The summed E-state index contributed by atoms with van der Waals surface area (Å²) in [6, 6.07) is 30.3. The van der Waals surface area contributed by atoms with E-state index in [-0.39, 0.29) is 0 Å². The highest BCUT2D eigenvalue weighted by atomic mass is 14.2. The molecule has 0 aliphatic heterocycles. The second kappa shape index (κ2) is 8.30. The van der Waals surface area contributed by atoms with Crippen LogP contribution < -0.4 is 0 Å². The van der Waals surface area contributed by atoms with Crippen LogP contribution in [-0.2, 0) is 6.42 Å². The van der Waals surface area contributed by atoms with Crippen molar-refractivity contribution in [2.45, 2.75) is 19.8 Å². The molecule has 124 valence electrons. The molecule has 3 aromatic rings. The number of benzene rings is 3. The molecule has 0 spiro atoms. The van der Waals surface area contributed by atoms with Crippen LogP contribution in [0.3, 0.4) is 0 Å². The summed E-state index contributed by atoms with van der Waals surface area (Å²) in [5, 5.41) is 0. The van der Waals surface area contributed by atoms with Crippen molar-refractivity contribution in [1.82, 2.24) is 0 Å². The largest absolute Gasteiger partial charge is 0.103 e. The first-order valence-electron chi connectivity index (χ1n) is 8.87. The first-order chi connectivity index (χ1) is 12.3. The van der Waals surface area contributed by atoms with Gasteiger partial charge in [0.1, 0.15) is 0 Å². The normalized spacial score (nSPS) is 11.7. The molecule has 0 heterocycles. The number of hydrogen-bond acceptors (Lipinski definition) is 0. The summed E-state index contributed by atoms with van der Waals surface area (Å²) >= 11 is 0. The fourth-order valence-corrected chi connectivity index (χ4v) is 3.26. The van der Waals surface area contributed by atoms with E-state index in [1.165, 1.54) is 33.4 Å². The minimum Gasteiger partial charge on any atom is -0.103 e. The maximum atomic E-state index is 3.83. The molecule has 0 aliphatic carbocycles. The zero-order valence-corrected chi connectivity index (χ0v) is 14.8. The first kappa shape index (κ1) is 17.0. The molecule has 0 saturated heterocycles. The van der Waals surface area contributed by atoms with E-state index in [9.17, 15) is 0 Å². The summed E-state index contributed by atoms with van der Waals surface area (Å²) in [4.78, 5) is 0. The van der Waals surface area contributed by atoms with Gasteiger partial charge in [-0.2, -0.15) is 0 Å². The second-order valence-corrected chi connectivity index (χ2v) is 6.13. The zero-order chi connectivity index (χ0) is 17.5. The Morgan fingerprint density at radius 1 is 0.720 bits per heavy atom. The van der Waals surface area contributed by atoms with Crippen molar-refractivity contribution >= 4 is 11.1 Å². The van der Waals surface area contributed by atoms with Crippen LogP contribution >= 0.6 is 0 Å². The van der Waals surface area contributed by atoms with Crippen LogP contribution in [-0.4, -0.2) is 0 Å². The molecule has 0 aromatic heterocycles. The van der Waals surface area contributed by atoms with Crippen LogP contribution in [0.5, 0.6) is 0 Å². The fraction of sp³-hybridized carbons (Fsp3) is 0.120. The van der Waals surface area contributed by atoms with E-state index in [4.69, 9.17) is 0 Å². The van der Waals surface area contributed by atoms with Crippen LogP contribution in [0.25, 0.3) is 11.1 Å². The molecule has 0 aliphatic rings. The summed E-state index contributed by atoms with van der Waals surface area (Å²) in [6.07, 6.45) is 3.84. The molecule has 0 amide bonds. The van der Waals surface area contributed by atoms with Gasteiger partial charge in [-0.1, -0.05) is 97.9 Å². The van der Waals surface area contributed by atoms with Crippen LogP contribution in [0.15, 0.2) is 97.6 Å². The van der Waals surface area contributed by atoms with Gasteiger partial charge in [0.15, 0.2) is 0 Å². The van der Waals surface area contributed by atoms with Gasteiger partial charge in [0.2, 0.25) is 0 Å². The Morgan fingerprint density at radius 3 is 1.76 bits per heavy atom. The van der Waals surface area contributed by atoms with Crippen LogP contribution in [0.2, 0.25) is 0 Å². The summed E-state index contributed by atoms with van der Waals surface area (Å²) in [5.41, 5.74) is 7.81. The average molecular weight is 324 g/mol. The highest BCUT2D eigenvalue weighted by Crippen LogP contribution is 2.34. The van der Waals surface area contributed by atoms with Gasteiger partial charge >= 0.3 is 0 Å². The molecule has 0 radical (unpaired) electrons. The van der Waals surface area contributed by atoms with Gasteiger partial charge in [-0.15, -0.1) is 6.58 Å². The number of rotatable bonds is 6. The number of hydrogen-bond donors (Lipinski definition) is 0. The molecular weight excluding hydrogens is 300 g/mol. The SMILES string of the molecule is C=CCc1ccc(C(=C(CC)c2ccccc2)c2ccccc2)cc1. The van der Waals surface area contributed by atoms with Crippen LogP contribution in [0.4, 0.5) is 0 Å². The molecule has 0 unspecified atom stereocenters. The van der Waals surface area contributed by atoms with Gasteiger partial charge < -0.3 is 0 Å². The monoisotopic (exact) mass is 324 g/mol. The highest BCUT2D eigenvalue weighted by Gasteiger charge is 2.12. The van der Waals surface area contributed by atoms with E-state index in [1.807, 2.05) is 6.08 Å². The molecule has 0 atom stereocenters. The Balaban J connectivity index is 2.19. The van der Waals surface area contributed by atoms with Gasteiger partial charge in [-0.3, -0.25) is 0 Å². The Labute approximate surface area is 151 Å². The summed E-state index contributed by atoms with van der Waals surface area (Å²) in [7, 11) is 0. The molecular formula is C25H24. The van der Waals surface area contributed by atoms with Crippen molar-refractivity contribution in [3.8, 4) is 0 Å². The van der Waals surface area contributed by atoms with Crippen molar-refractivity contribution in [2.24, 2.45) is 0 Å². The standard InChI is InChI=1S/C25H24/c1-3-11-20-16-18-23(19-17-20)25(22-14-9-6-10-15-22)24(4-2)21-12-7-5-8-13-21/h3,5-10,12-19H,1,4,11H2,2H3. The van der Waals surface area contributed by atoms with Crippen molar-refractivity contribution in [1.29, 1.82) is 0 Å². The molecule has 0 bridgehead atoms. The fourth-order valence-electron chi connectivity index (χ4n) is 3.26. The minimum absolute atomic E-state index is 0.907. The third-order valence-corrected chi connectivity index (χ3v) is 4.46. The molecule has 0 nitrogen and oxygen atoms in total. The highest BCUT2D eigenvalue weighted by molar-refractivity contribution is 5.98. The lowest BCUT2D eigenvalue weighted by molar-refractivity contribution is 1.23. The molecule has 3 rings (SSSR count). The van der Waals surface area contributed by atoms with Gasteiger partial charge in [0.05, 0.1) is 0 Å². The molecule has 25 heavy (non-hydrogen) atoms. The van der Waals surface area contributed by atoms with E-state index >= 15 is 0 Å². The van der Waals surface area contributed by atoms with Gasteiger partial charge in [-0.25, -0.2) is 0 Å². The van der Waals surface area contributed by atoms with E-state index in [0.29, 0.717) is 0 Å². The van der Waals surface area contributed by atoms with E-state index in [0.717, 1.165) is 12.8 Å². The lowest BCUT2D eigenvalue weighted by Gasteiger charge is -2.16. The molecule has 0 heteroatoms. The number of allylic oxidation sites excluding steroid dienone is 2. The second-order valence-electron chi connectivity index (χ2n) is 6.13. The summed E-state index contributed by atoms with van der Waals surface area (Å²) in [6.45, 7) is 6.07. The minimum atomic E-state index is 0.907. The van der Waals surface area contributed by atoms with Crippen LogP contribution in [0, 0.1) is 0 Å². The summed E-state index contributed by atoms with van der Waals surface area (Å²) < 4.78 is 0. The lowest BCUT2D eigenvalue weighted by atomic mass is 9.88. The van der Waals surface area contributed by atoms with Crippen molar-refractivity contribution in [3.63, 3.8) is 0 Å². The van der Waals surface area contributed by atoms with Gasteiger partial charge in [-0.05, 0) is 46.2 Å². The average Bonchev–Trinajstić information content (AvgIpc) is 2.68. The topological polar surface area (TPSA) is 0 Å². The van der Waals surface area contributed by atoms with Gasteiger partial charge in [0.25, 0.3) is 0 Å². The molecule has 0 saturated carbocycles. The zero-order valence-electron chi connectivity index (χ0n) is 14.8. The third kappa shape index (κ3) is 3.97.